The van der Waals surface area contributed by atoms with Gasteiger partial charge >= 0.3 is 0 Å². The van der Waals surface area contributed by atoms with E-state index in [1.807, 2.05) is 25.7 Å². The van der Waals surface area contributed by atoms with Gasteiger partial charge in [0, 0.05) is 31.1 Å². The van der Waals surface area contributed by atoms with Gasteiger partial charge in [-0.05, 0) is 12.3 Å². The summed E-state index contributed by atoms with van der Waals surface area (Å²) < 4.78 is 0. The summed E-state index contributed by atoms with van der Waals surface area (Å²) in [5.74, 6) is 0.996. The van der Waals surface area contributed by atoms with Gasteiger partial charge in [-0.15, -0.1) is 0 Å². The first kappa shape index (κ1) is 9.97. The number of fused-ring (bicyclic) bond motifs is 2. The molecule has 2 bridgehead atoms. The molecule has 0 aromatic rings. The first-order valence-electron chi connectivity index (χ1n) is 5.49. The molecule has 0 aromatic carbocycles. The second-order valence-corrected chi connectivity index (χ2v) is 5.67. The third-order valence-corrected chi connectivity index (χ3v) is 3.16. The summed E-state index contributed by atoms with van der Waals surface area (Å²) in [6.07, 6.45) is 1.26. The van der Waals surface area contributed by atoms with Crippen molar-refractivity contribution in [2.24, 2.45) is 11.3 Å². The molecule has 2 aliphatic rings. The maximum absolute atomic E-state index is 12.0. The van der Waals surface area contributed by atoms with Crippen molar-refractivity contribution in [3.8, 4) is 0 Å². The van der Waals surface area contributed by atoms with E-state index < -0.39 is 0 Å². The molecular formula is C11H20N2O. The van der Waals surface area contributed by atoms with E-state index in [0.29, 0.717) is 17.9 Å². The molecule has 2 fully saturated rings. The third kappa shape index (κ3) is 1.78. The fraction of sp³-hybridized carbons (Fsp3) is 0.909. The second kappa shape index (κ2) is 3.23. The van der Waals surface area contributed by atoms with Crippen molar-refractivity contribution >= 4 is 5.91 Å². The van der Waals surface area contributed by atoms with Gasteiger partial charge in [0.25, 0.3) is 0 Å². The molecule has 0 aliphatic carbocycles. The molecule has 0 spiro atoms. The lowest BCUT2D eigenvalue weighted by atomic mass is 9.91. The van der Waals surface area contributed by atoms with Gasteiger partial charge in [0.2, 0.25) is 5.91 Å². The smallest absolute Gasteiger partial charge is 0.228 e. The predicted octanol–water partition coefficient (Wildman–Crippen LogP) is 0.853. The molecule has 3 nitrogen and oxygen atoms in total. The van der Waals surface area contributed by atoms with Crippen LogP contribution in [-0.4, -0.2) is 36.5 Å². The average Bonchev–Trinajstić information content (AvgIpc) is 2.42. The highest BCUT2D eigenvalue weighted by Crippen LogP contribution is 2.26. The van der Waals surface area contributed by atoms with Gasteiger partial charge < -0.3 is 10.2 Å². The highest BCUT2D eigenvalue weighted by atomic mass is 16.2. The Hall–Kier alpha value is -0.570. The Morgan fingerprint density at radius 1 is 1.36 bits per heavy atom. The summed E-state index contributed by atoms with van der Waals surface area (Å²) in [5.41, 5.74) is -0.225. The Kier molecular flexibility index (Phi) is 2.30. The van der Waals surface area contributed by atoms with E-state index in [2.05, 4.69) is 5.32 Å². The van der Waals surface area contributed by atoms with Crippen LogP contribution < -0.4 is 5.32 Å². The van der Waals surface area contributed by atoms with Crippen molar-refractivity contribution < 1.29 is 4.79 Å². The SMILES string of the molecule is CC(C)(C)C(=O)N1C[C@@H]2CN[C@@H](C2)C1. The number of nitrogens with zero attached hydrogens (tertiary/aromatic N) is 1. The van der Waals surface area contributed by atoms with E-state index in [-0.39, 0.29) is 5.41 Å². The van der Waals surface area contributed by atoms with E-state index >= 15 is 0 Å². The normalized spacial score (nSPS) is 32.1. The van der Waals surface area contributed by atoms with Crippen LogP contribution in [0.15, 0.2) is 0 Å². The monoisotopic (exact) mass is 196 g/mol. The Balaban J connectivity index is 2.03. The molecule has 80 valence electrons. The largest absolute Gasteiger partial charge is 0.340 e. The van der Waals surface area contributed by atoms with Gasteiger partial charge in [-0.1, -0.05) is 20.8 Å². The molecule has 3 heteroatoms. The zero-order valence-electron chi connectivity index (χ0n) is 9.34. The number of likely N-dealkylation sites (tertiary alicyclic amines) is 1. The molecule has 0 saturated carbocycles. The van der Waals surface area contributed by atoms with Crippen LogP contribution in [0.5, 0.6) is 0 Å². The molecule has 2 aliphatic heterocycles. The molecule has 0 unspecified atom stereocenters. The van der Waals surface area contributed by atoms with E-state index in [4.69, 9.17) is 0 Å². The lowest BCUT2D eigenvalue weighted by molar-refractivity contribution is -0.141. The quantitative estimate of drug-likeness (QED) is 0.623. The zero-order valence-corrected chi connectivity index (χ0v) is 9.34. The van der Waals surface area contributed by atoms with Gasteiger partial charge in [0.1, 0.15) is 0 Å². The van der Waals surface area contributed by atoms with Crippen molar-refractivity contribution in [2.45, 2.75) is 33.2 Å². The molecule has 2 rings (SSSR count). The van der Waals surface area contributed by atoms with Crippen LogP contribution in [0.2, 0.25) is 0 Å². The van der Waals surface area contributed by atoms with E-state index in [1.165, 1.54) is 6.42 Å². The van der Waals surface area contributed by atoms with Crippen molar-refractivity contribution in [3.05, 3.63) is 0 Å². The van der Waals surface area contributed by atoms with Gasteiger partial charge in [-0.25, -0.2) is 0 Å². The minimum atomic E-state index is -0.225. The van der Waals surface area contributed by atoms with Crippen LogP contribution in [0.25, 0.3) is 0 Å². The minimum Gasteiger partial charge on any atom is -0.340 e. The standard InChI is InChI=1S/C11H20N2O/c1-11(2,3)10(14)13-6-8-4-9(7-13)12-5-8/h8-9,12H,4-7H2,1-3H3/t8-,9-/m0/s1. The number of nitrogens with one attached hydrogen (secondary N) is 1. The molecule has 0 aromatic heterocycles. The Labute approximate surface area is 85.8 Å². The molecule has 0 radical (unpaired) electrons. The fourth-order valence-corrected chi connectivity index (χ4v) is 2.47. The number of amides is 1. The van der Waals surface area contributed by atoms with Crippen LogP contribution in [0.3, 0.4) is 0 Å². The average molecular weight is 196 g/mol. The summed E-state index contributed by atoms with van der Waals surface area (Å²) in [6.45, 7) is 8.96. The number of hydrogen-bond donors (Lipinski definition) is 1. The summed E-state index contributed by atoms with van der Waals surface area (Å²) in [5, 5.41) is 3.46. The Bertz CT molecular complexity index is 232. The van der Waals surface area contributed by atoms with Crippen LogP contribution in [0.4, 0.5) is 0 Å². The van der Waals surface area contributed by atoms with Crippen molar-refractivity contribution in [2.75, 3.05) is 19.6 Å². The van der Waals surface area contributed by atoms with E-state index in [9.17, 15) is 4.79 Å². The van der Waals surface area contributed by atoms with Crippen molar-refractivity contribution in [1.29, 1.82) is 0 Å². The molecule has 1 N–H and O–H groups in total. The van der Waals surface area contributed by atoms with Crippen LogP contribution in [0.1, 0.15) is 27.2 Å². The van der Waals surface area contributed by atoms with Crippen LogP contribution in [0, 0.1) is 11.3 Å². The van der Waals surface area contributed by atoms with Gasteiger partial charge in [0.05, 0.1) is 0 Å². The van der Waals surface area contributed by atoms with Crippen molar-refractivity contribution in [1.82, 2.24) is 10.2 Å². The highest BCUT2D eigenvalue weighted by molar-refractivity contribution is 5.81. The number of carbonyl (C=O) groups is 1. The molecule has 14 heavy (non-hydrogen) atoms. The first-order valence-corrected chi connectivity index (χ1v) is 5.49. The fourth-order valence-electron chi connectivity index (χ4n) is 2.47. The maximum Gasteiger partial charge on any atom is 0.228 e. The van der Waals surface area contributed by atoms with Crippen LogP contribution >= 0.6 is 0 Å². The van der Waals surface area contributed by atoms with E-state index in [1.54, 1.807) is 0 Å². The lowest BCUT2D eigenvalue weighted by Crippen LogP contribution is -2.48. The third-order valence-electron chi connectivity index (χ3n) is 3.16. The second-order valence-electron chi connectivity index (χ2n) is 5.67. The summed E-state index contributed by atoms with van der Waals surface area (Å²) in [7, 11) is 0. The Morgan fingerprint density at radius 2 is 2.07 bits per heavy atom. The number of hydrogen-bond acceptors (Lipinski definition) is 2. The molecular weight excluding hydrogens is 176 g/mol. The first-order chi connectivity index (χ1) is 6.47. The lowest BCUT2D eigenvalue weighted by Gasteiger charge is -2.35. The number of carbonyl (C=O) groups excluding carboxylic acids is 1. The van der Waals surface area contributed by atoms with Gasteiger partial charge in [-0.2, -0.15) is 0 Å². The zero-order chi connectivity index (χ0) is 10.3. The van der Waals surface area contributed by atoms with Gasteiger partial charge in [0.15, 0.2) is 0 Å². The molecule has 1 amide bonds. The summed E-state index contributed by atoms with van der Waals surface area (Å²) in [6, 6.07) is 0.556. The number of piperidine rings is 1. The van der Waals surface area contributed by atoms with Gasteiger partial charge in [-0.3, -0.25) is 4.79 Å². The summed E-state index contributed by atoms with van der Waals surface area (Å²) in [4.78, 5) is 14.1. The number of rotatable bonds is 0. The van der Waals surface area contributed by atoms with Crippen LogP contribution in [-0.2, 0) is 4.79 Å². The predicted molar refractivity (Wildman–Crippen MR) is 55.9 cm³/mol. The minimum absolute atomic E-state index is 0.225. The molecule has 2 atom stereocenters. The van der Waals surface area contributed by atoms with Crippen molar-refractivity contribution in [3.63, 3.8) is 0 Å². The topological polar surface area (TPSA) is 32.3 Å². The Morgan fingerprint density at radius 3 is 2.64 bits per heavy atom. The molecule has 2 heterocycles. The highest BCUT2D eigenvalue weighted by Gasteiger charge is 2.37. The van der Waals surface area contributed by atoms with E-state index in [0.717, 1.165) is 19.6 Å². The summed E-state index contributed by atoms with van der Waals surface area (Å²) >= 11 is 0. The molecule has 2 saturated heterocycles. The maximum atomic E-state index is 12.0.